The molecule has 1 unspecified atom stereocenters. The minimum Gasteiger partial charge on any atom is -0.406 e. The molecular weight excluding hydrogens is 619 g/mol. The second-order valence-corrected chi connectivity index (χ2v) is 10.7. The van der Waals surface area contributed by atoms with E-state index in [9.17, 15) is 40.0 Å². The largest absolute Gasteiger partial charge is 0.573 e. The summed E-state index contributed by atoms with van der Waals surface area (Å²) < 4.78 is 110. The van der Waals surface area contributed by atoms with E-state index >= 15 is 0 Å². The highest BCUT2D eigenvalue weighted by Crippen LogP contribution is 2.40. The molecule has 4 aromatic rings. The van der Waals surface area contributed by atoms with Crippen LogP contribution in [0.3, 0.4) is 0 Å². The third kappa shape index (κ3) is 6.87. The minimum atomic E-state index is -4.93. The van der Waals surface area contributed by atoms with Gasteiger partial charge in [-0.15, -0.1) is 13.2 Å². The molecule has 5 N–H and O–H groups in total. The number of aryl methyl sites for hydroxylation is 1. The van der Waals surface area contributed by atoms with Gasteiger partial charge in [0.05, 0.1) is 34.5 Å². The van der Waals surface area contributed by atoms with Crippen LogP contribution in [-0.2, 0) is 30.6 Å². The van der Waals surface area contributed by atoms with Gasteiger partial charge in [-0.05, 0) is 59.7 Å². The summed E-state index contributed by atoms with van der Waals surface area (Å²) in [5.74, 6) is 5.11. The quantitative estimate of drug-likeness (QED) is 0.129. The first-order chi connectivity index (χ1) is 20.5. The van der Waals surface area contributed by atoms with Gasteiger partial charge >= 0.3 is 12.5 Å². The lowest BCUT2D eigenvalue weighted by Gasteiger charge is -2.26. The predicted molar refractivity (Wildman–Crippen MR) is 149 cm³/mol. The number of hydrazine groups is 1. The van der Waals surface area contributed by atoms with Crippen LogP contribution in [0, 0.1) is 5.82 Å². The summed E-state index contributed by atoms with van der Waals surface area (Å²) in [4.78, 5) is 0.0305. The molecule has 0 fully saturated rings. The average molecular weight is 644 g/mol. The van der Waals surface area contributed by atoms with Gasteiger partial charge in [0, 0.05) is 41.1 Å². The summed E-state index contributed by atoms with van der Waals surface area (Å²) in [6.07, 6.45) is -7.35. The lowest BCUT2D eigenvalue weighted by molar-refractivity contribution is -0.274. The Bertz CT molecular complexity index is 1740. The fourth-order valence-electron chi connectivity index (χ4n) is 4.45. The van der Waals surface area contributed by atoms with Gasteiger partial charge < -0.3 is 15.6 Å². The molecule has 0 amide bonds. The van der Waals surface area contributed by atoms with Crippen LogP contribution < -0.4 is 21.3 Å². The molecule has 0 aliphatic rings. The molecule has 0 aliphatic carbocycles. The Kier molecular flexibility index (Phi) is 9.08. The normalized spacial score (nSPS) is 13.2. The van der Waals surface area contributed by atoms with Gasteiger partial charge in [-0.2, -0.15) is 18.3 Å². The van der Waals surface area contributed by atoms with Crippen LogP contribution in [-0.4, -0.2) is 31.7 Å². The number of ether oxygens (including phenoxy) is 1. The predicted octanol–water partition coefficient (Wildman–Crippen LogP) is 5.68. The van der Waals surface area contributed by atoms with E-state index in [1.54, 1.807) is 0 Å². The maximum Gasteiger partial charge on any atom is 0.573 e. The van der Waals surface area contributed by atoms with Crippen LogP contribution in [0.2, 0.25) is 0 Å². The summed E-state index contributed by atoms with van der Waals surface area (Å²) in [7, 11) is -0.408. The van der Waals surface area contributed by atoms with Gasteiger partial charge in [-0.3, -0.25) is 13.9 Å². The number of aliphatic hydroxyl groups excluding tert-OH is 1. The van der Waals surface area contributed by atoms with Gasteiger partial charge in [0.1, 0.15) is 11.6 Å². The van der Waals surface area contributed by atoms with Crippen molar-refractivity contribution in [2.75, 3.05) is 11.3 Å². The molecule has 1 heterocycles. The smallest absolute Gasteiger partial charge is 0.406 e. The Morgan fingerprint density at radius 2 is 1.70 bits per heavy atom. The molecule has 16 heteroatoms. The van der Waals surface area contributed by atoms with Crippen LogP contribution >= 0.6 is 0 Å². The lowest BCUT2D eigenvalue weighted by Crippen LogP contribution is -2.30. The molecule has 44 heavy (non-hydrogen) atoms. The van der Waals surface area contributed by atoms with E-state index in [4.69, 9.17) is 11.6 Å². The monoisotopic (exact) mass is 643 g/mol. The maximum atomic E-state index is 14.9. The lowest BCUT2D eigenvalue weighted by atomic mass is 9.98. The molecule has 1 aromatic heterocycles. The van der Waals surface area contributed by atoms with Gasteiger partial charge in [0.2, 0.25) is 0 Å². The van der Waals surface area contributed by atoms with Gasteiger partial charge in [0.25, 0.3) is 0 Å². The van der Waals surface area contributed by atoms with Crippen molar-refractivity contribution in [3.05, 3.63) is 89.5 Å². The van der Waals surface area contributed by atoms with E-state index in [2.05, 4.69) is 9.84 Å². The van der Waals surface area contributed by atoms with Crippen LogP contribution in [0.5, 0.6) is 5.75 Å². The fraction of sp³-hybridized carbons (Fsp3) is 0.179. The maximum absolute atomic E-state index is 14.9. The Morgan fingerprint density at radius 3 is 2.23 bits per heavy atom. The van der Waals surface area contributed by atoms with E-state index in [0.717, 1.165) is 40.2 Å². The highest BCUT2D eigenvalue weighted by Gasteiger charge is 2.35. The highest BCUT2D eigenvalue weighted by atomic mass is 32.2. The minimum absolute atomic E-state index is 0.0169. The molecular formula is C28H24F7N5O3S. The number of aromatic nitrogens is 2. The highest BCUT2D eigenvalue weighted by molar-refractivity contribution is 7.84. The molecule has 4 rings (SSSR count). The molecule has 1 atom stereocenters. The van der Waals surface area contributed by atoms with Crippen molar-refractivity contribution in [1.82, 2.24) is 9.78 Å². The molecule has 0 saturated heterocycles. The van der Waals surface area contributed by atoms with E-state index in [0.29, 0.717) is 0 Å². The number of nitrogens with two attached hydrogens (primary N) is 2. The molecule has 0 saturated carbocycles. The topological polar surface area (TPSA) is 120 Å². The molecule has 0 radical (unpaired) electrons. The third-order valence-corrected chi connectivity index (χ3v) is 7.44. The summed E-state index contributed by atoms with van der Waals surface area (Å²) in [5, 5.41) is 14.1. The molecule has 8 nitrogen and oxygen atoms in total. The van der Waals surface area contributed by atoms with Crippen molar-refractivity contribution < 1.29 is 44.8 Å². The van der Waals surface area contributed by atoms with Gasteiger partial charge in [0.15, 0.2) is 5.69 Å². The standard InChI is InChI=1S/C28H24F7N5O3S/c1-39-22(12-26(38-39)27(30,31)32)19-8-5-16(17-9-21(29)20(14-41)25(11-17)44(2)42)10-23(19)40(37)24(13-36)15-3-6-18(7-4-15)43-28(33,34)35/h3-13,41H,14,36-37H2,1-2H3/b24-13-. The Hall–Kier alpha value is -4.41. The number of hydrogen-bond donors (Lipinski definition) is 3. The average Bonchev–Trinajstić information content (AvgIpc) is 3.34. The van der Waals surface area contributed by atoms with Crippen molar-refractivity contribution in [2.24, 2.45) is 18.6 Å². The molecule has 234 valence electrons. The molecule has 0 aliphatic heterocycles. The van der Waals surface area contributed by atoms with E-state index in [-0.39, 0.29) is 49.8 Å². The zero-order chi connectivity index (χ0) is 32.6. The number of alkyl halides is 6. The molecule has 0 bridgehead atoms. The Morgan fingerprint density at radius 1 is 1.05 bits per heavy atom. The SMILES string of the molecule is Cn1nc(C(F)(F)F)cc1-c1ccc(-c2cc(F)c(CO)c(S(C)=O)c2)cc1N(N)/C(=C\N)c1ccc(OC(F)(F)F)cc1. The van der Waals surface area contributed by atoms with Gasteiger partial charge in [-0.25, -0.2) is 10.2 Å². The van der Waals surface area contributed by atoms with Crippen molar-refractivity contribution in [3.63, 3.8) is 0 Å². The fourth-order valence-corrected chi connectivity index (χ4v) is 5.25. The summed E-state index contributed by atoms with van der Waals surface area (Å²) in [6.45, 7) is -0.707. The number of rotatable bonds is 8. The van der Waals surface area contributed by atoms with Crippen molar-refractivity contribution in [3.8, 4) is 28.1 Å². The summed E-state index contributed by atoms with van der Waals surface area (Å²) >= 11 is 0. The third-order valence-electron chi connectivity index (χ3n) is 6.46. The van der Waals surface area contributed by atoms with Gasteiger partial charge in [-0.1, -0.05) is 12.1 Å². The Labute approximate surface area is 248 Å². The van der Waals surface area contributed by atoms with Crippen molar-refractivity contribution >= 4 is 22.2 Å². The van der Waals surface area contributed by atoms with Crippen LogP contribution in [0.1, 0.15) is 16.8 Å². The molecule has 3 aromatic carbocycles. The van der Waals surface area contributed by atoms with Crippen LogP contribution in [0.4, 0.5) is 36.4 Å². The van der Waals surface area contributed by atoms with E-state index < -0.39 is 47.2 Å². The van der Waals surface area contributed by atoms with Crippen molar-refractivity contribution in [1.29, 1.82) is 0 Å². The second-order valence-electron chi connectivity index (χ2n) is 9.31. The first-order valence-electron chi connectivity index (χ1n) is 12.4. The first kappa shape index (κ1) is 32.5. The number of nitrogens with zero attached hydrogens (tertiary/aromatic N) is 3. The van der Waals surface area contributed by atoms with Crippen molar-refractivity contribution in [2.45, 2.75) is 24.0 Å². The zero-order valence-corrected chi connectivity index (χ0v) is 23.7. The van der Waals surface area contributed by atoms with Crippen LogP contribution in [0.15, 0.2) is 71.8 Å². The van der Waals surface area contributed by atoms with Crippen LogP contribution in [0.25, 0.3) is 28.1 Å². The second kappa shape index (κ2) is 12.3. The number of halogens is 7. The molecule has 0 spiro atoms. The summed E-state index contributed by atoms with van der Waals surface area (Å²) in [5.41, 5.74) is 5.39. The Balaban J connectivity index is 1.90. The van der Waals surface area contributed by atoms with E-state index in [1.165, 1.54) is 49.7 Å². The number of anilines is 1. The summed E-state index contributed by atoms with van der Waals surface area (Å²) in [6, 6.07) is 12.1. The number of aliphatic hydroxyl groups is 1. The number of benzene rings is 3. The first-order valence-corrected chi connectivity index (χ1v) is 14.0. The van der Waals surface area contributed by atoms with E-state index in [1.807, 2.05) is 0 Å². The zero-order valence-electron chi connectivity index (χ0n) is 22.9. The number of hydrogen-bond acceptors (Lipinski definition) is 7.